The van der Waals surface area contributed by atoms with Gasteiger partial charge in [0.1, 0.15) is 0 Å². The molecule has 1 aromatic rings. The summed E-state index contributed by atoms with van der Waals surface area (Å²) in [4.78, 5) is 20.8. The van der Waals surface area contributed by atoms with Crippen LogP contribution in [-0.4, -0.2) is 71.2 Å². The van der Waals surface area contributed by atoms with Gasteiger partial charge >= 0.3 is 0 Å². The molecule has 0 aromatic carbocycles. The molecule has 1 amide bonds. The molecule has 2 rings (SSSR count). The predicted octanol–water partition coefficient (Wildman–Crippen LogP) is 1.66. The van der Waals surface area contributed by atoms with E-state index in [2.05, 4.69) is 9.88 Å². The van der Waals surface area contributed by atoms with Crippen LogP contribution >= 0.6 is 11.6 Å². The van der Waals surface area contributed by atoms with Crippen molar-refractivity contribution < 1.29 is 14.6 Å². The SMILES string of the molecule is CCOc1ccc(Cl)c(C(=O)N2CCN(C[C@H](O)CC)CC2)n1. The van der Waals surface area contributed by atoms with Gasteiger partial charge in [-0.3, -0.25) is 9.69 Å². The number of carbonyl (C=O) groups excluding carboxylic acids is 1. The summed E-state index contributed by atoms with van der Waals surface area (Å²) in [6, 6.07) is 3.30. The Kier molecular flexibility index (Phi) is 6.62. The molecule has 0 aliphatic carbocycles. The lowest BCUT2D eigenvalue weighted by atomic mass is 10.2. The number of carbonyl (C=O) groups is 1. The van der Waals surface area contributed by atoms with Gasteiger partial charge in [0, 0.05) is 38.8 Å². The van der Waals surface area contributed by atoms with E-state index in [4.69, 9.17) is 16.3 Å². The van der Waals surface area contributed by atoms with Crippen molar-refractivity contribution >= 4 is 17.5 Å². The monoisotopic (exact) mass is 341 g/mol. The summed E-state index contributed by atoms with van der Waals surface area (Å²) in [5.74, 6) is 0.234. The van der Waals surface area contributed by atoms with Crippen LogP contribution in [0.1, 0.15) is 30.8 Å². The van der Waals surface area contributed by atoms with Crippen LogP contribution in [0.4, 0.5) is 0 Å². The number of aliphatic hydroxyl groups excluding tert-OH is 1. The molecule has 1 aliphatic rings. The number of hydrogen-bond acceptors (Lipinski definition) is 5. The first-order chi connectivity index (χ1) is 11.0. The first-order valence-electron chi connectivity index (χ1n) is 8.04. The summed E-state index contributed by atoms with van der Waals surface area (Å²) in [6.45, 7) is 7.65. The highest BCUT2D eigenvalue weighted by Crippen LogP contribution is 2.20. The number of amides is 1. The minimum Gasteiger partial charge on any atom is -0.478 e. The number of piperazine rings is 1. The van der Waals surface area contributed by atoms with Crippen LogP contribution in [0.3, 0.4) is 0 Å². The van der Waals surface area contributed by atoms with Gasteiger partial charge in [0.25, 0.3) is 5.91 Å². The Morgan fingerprint density at radius 2 is 2.04 bits per heavy atom. The molecule has 23 heavy (non-hydrogen) atoms. The van der Waals surface area contributed by atoms with Gasteiger partial charge in [0.2, 0.25) is 5.88 Å². The first kappa shape index (κ1) is 18.0. The molecule has 128 valence electrons. The maximum Gasteiger partial charge on any atom is 0.274 e. The number of hydrogen-bond donors (Lipinski definition) is 1. The molecule has 0 unspecified atom stereocenters. The average Bonchev–Trinajstić information content (AvgIpc) is 2.57. The number of halogens is 1. The van der Waals surface area contributed by atoms with Crippen LogP contribution in [0.15, 0.2) is 12.1 Å². The third kappa shape index (κ3) is 4.80. The van der Waals surface area contributed by atoms with E-state index in [1.807, 2.05) is 13.8 Å². The Bertz CT molecular complexity index is 533. The van der Waals surface area contributed by atoms with E-state index in [1.54, 1.807) is 17.0 Å². The van der Waals surface area contributed by atoms with Crippen molar-refractivity contribution in [3.8, 4) is 5.88 Å². The Hall–Kier alpha value is -1.37. The largest absolute Gasteiger partial charge is 0.478 e. The van der Waals surface area contributed by atoms with Crippen molar-refractivity contribution in [3.05, 3.63) is 22.8 Å². The zero-order valence-electron chi connectivity index (χ0n) is 13.7. The molecule has 0 spiro atoms. The van der Waals surface area contributed by atoms with Crippen LogP contribution in [-0.2, 0) is 0 Å². The quantitative estimate of drug-likeness (QED) is 0.852. The molecule has 1 aromatic heterocycles. The maximum atomic E-state index is 12.6. The third-order valence-corrected chi connectivity index (χ3v) is 4.22. The van der Waals surface area contributed by atoms with Crippen molar-refractivity contribution in [2.24, 2.45) is 0 Å². The smallest absolute Gasteiger partial charge is 0.274 e. The Morgan fingerprint density at radius 1 is 1.35 bits per heavy atom. The Balaban J connectivity index is 1.98. The van der Waals surface area contributed by atoms with Crippen molar-refractivity contribution in [1.82, 2.24) is 14.8 Å². The van der Waals surface area contributed by atoms with E-state index in [0.29, 0.717) is 37.1 Å². The fraction of sp³-hybridized carbons (Fsp3) is 0.625. The summed E-state index contributed by atoms with van der Waals surface area (Å²) >= 11 is 6.12. The second-order valence-corrected chi connectivity index (χ2v) is 5.98. The van der Waals surface area contributed by atoms with Gasteiger partial charge in [-0.15, -0.1) is 0 Å². The second-order valence-electron chi connectivity index (χ2n) is 5.57. The normalized spacial score (nSPS) is 17.1. The topological polar surface area (TPSA) is 65.9 Å². The van der Waals surface area contributed by atoms with Crippen LogP contribution in [0.2, 0.25) is 5.02 Å². The summed E-state index contributed by atoms with van der Waals surface area (Å²) < 4.78 is 5.34. The number of aromatic nitrogens is 1. The number of ether oxygens (including phenoxy) is 1. The maximum absolute atomic E-state index is 12.6. The Labute approximate surface area is 142 Å². The molecule has 0 radical (unpaired) electrons. The van der Waals surface area contributed by atoms with Crippen LogP contribution in [0, 0.1) is 0 Å². The van der Waals surface area contributed by atoms with Crippen molar-refractivity contribution in [2.45, 2.75) is 26.4 Å². The van der Waals surface area contributed by atoms with Gasteiger partial charge in [0.15, 0.2) is 5.69 Å². The molecule has 0 saturated carbocycles. The molecule has 1 aliphatic heterocycles. The number of β-amino-alcohol motifs (C(OH)–C–C–N with tert-alkyl or cyclic N) is 1. The highest BCUT2D eigenvalue weighted by Gasteiger charge is 2.25. The van der Waals surface area contributed by atoms with Gasteiger partial charge in [-0.2, -0.15) is 0 Å². The minimum atomic E-state index is -0.309. The molecule has 1 saturated heterocycles. The van der Waals surface area contributed by atoms with Gasteiger partial charge < -0.3 is 14.7 Å². The van der Waals surface area contributed by atoms with Crippen LogP contribution < -0.4 is 4.74 Å². The van der Waals surface area contributed by atoms with E-state index in [0.717, 1.165) is 19.5 Å². The van der Waals surface area contributed by atoms with Crippen molar-refractivity contribution in [2.75, 3.05) is 39.3 Å². The fourth-order valence-corrected chi connectivity index (χ4v) is 2.70. The molecule has 1 atom stereocenters. The van der Waals surface area contributed by atoms with Gasteiger partial charge in [-0.1, -0.05) is 18.5 Å². The molecule has 2 heterocycles. The molecule has 7 heteroatoms. The summed E-state index contributed by atoms with van der Waals surface area (Å²) in [6.07, 6.45) is 0.430. The van der Waals surface area contributed by atoms with Crippen LogP contribution in [0.25, 0.3) is 0 Å². The summed E-state index contributed by atoms with van der Waals surface area (Å²) in [5, 5.41) is 10.1. The zero-order valence-corrected chi connectivity index (χ0v) is 14.4. The Morgan fingerprint density at radius 3 is 2.65 bits per heavy atom. The lowest BCUT2D eigenvalue weighted by molar-refractivity contribution is 0.0518. The molecular formula is C16H24ClN3O3. The van der Waals surface area contributed by atoms with Crippen LogP contribution in [0.5, 0.6) is 5.88 Å². The van der Waals surface area contributed by atoms with Gasteiger partial charge in [-0.25, -0.2) is 4.98 Å². The minimum absolute atomic E-state index is 0.174. The molecular weight excluding hydrogens is 318 g/mol. The molecule has 1 N–H and O–H groups in total. The standard InChI is InChI=1S/C16H24ClN3O3/c1-3-12(21)11-19-7-9-20(10-8-19)16(22)15-13(17)5-6-14(18-15)23-4-2/h5-6,12,21H,3-4,7-11H2,1-2H3/t12-/m1/s1. The number of nitrogens with zero attached hydrogens (tertiary/aromatic N) is 3. The average molecular weight is 342 g/mol. The molecule has 1 fully saturated rings. The van der Waals surface area contributed by atoms with E-state index in [1.165, 1.54) is 0 Å². The van der Waals surface area contributed by atoms with Crippen molar-refractivity contribution in [1.29, 1.82) is 0 Å². The van der Waals surface area contributed by atoms with E-state index >= 15 is 0 Å². The lowest BCUT2D eigenvalue weighted by Gasteiger charge is -2.35. The fourth-order valence-electron chi connectivity index (χ4n) is 2.51. The van der Waals surface area contributed by atoms with Crippen molar-refractivity contribution in [3.63, 3.8) is 0 Å². The number of pyridine rings is 1. The lowest BCUT2D eigenvalue weighted by Crippen LogP contribution is -2.50. The highest BCUT2D eigenvalue weighted by molar-refractivity contribution is 6.33. The highest BCUT2D eigenvalue weighted by atomic mass is 35.5. The number of rotatable bonds is 6. The number of aliphatic hydroxyl groups is 1. The summed E-state index contributed by atoms with van der Waals surface area (Å²) in [7, 11) is 0. The van der Waals surface area contributed by atoms with E-state index in [9.17, 15) is 9.90 Å². The predicted molar refractivity (Wildman–Crippen MR) is 89.1 cm³/mol. The zero-order chi connectivity index (χ0) is 16.8. The third-order valence-electron chi connectivity index (χ3n) is 3.91. The van der Waals surface area contributed by atoms with E-state index in [-0.39, 0.29) is 17.7 Å². The molecule has 6 nitrogen and oxygen atoms in total. The van der Waals surface area contributed by atoms with E-state index < -0.39 is 0 Å². The second kappa shape index (κ2) is 8.47. The van der Waals surface area contributed by atoms with Gasteiger partial charge in [-0.05, 0) is 19.4 Å². The molecule has 0 bridgehead atoms. The van der Waals surface area contributed by atoms with Gasteiger partial charge in [0.05, 0.1) is 17.7 Å². The first-order valence-corrected chi connectivity index (χ1v) is 8.42. The summed E-state index contributed by atoms with van der Waals surface area (Å²) in [5.41, 5.74) is 0.236.